The molecule has 5 heteroatoms. The number of nitrogens with zero attached hydrogens (tertiary/aromatic N) is 2. The molecule has 0 radical (unpaired) electrons. The summed E-state index contributed by atoms with van der Waals surface area (Å²) < 4.78 is 0. The van der Waals surface area contributed by atoms with Gasteiger partial charge in [-0.05, 0) is 60.4 Å². The molecule has 2 heterocycles. The van der Waals surface area contributed by atoms with Gasteiger partial charge in [-0.25, -0.2) is 4.79 Å². The standard InChI is InChI=1S/C22H29N3O2/c1-16(2)13-21(19-6-4-10-23-15-19)24-22(27)25-11-8-17(9-12-25)18-5-3-7-20(26)14-18/h3-7,10,14-17,21,26H,8-9,11-13H2,1-2H3,(H,24,27). The number of hydrogen-bond donors (Lipinski definition) is 2. The molecule has 1 aromatic heterocycles. The number of carbonyl (C=O) groups excluding carboxylic acids is 1. The fraction of sp³-hybridized carbons (Fsp3) is 0.455. The third-order valence-electron chi connectivity index (χ3n) is 5.22. The van der Waals surface area contributed by atoms with Gasteiger partial charge in [-0.15, -0.1) is 0 Å². The average Bonchev–Trinajstić information content (AvgIpc) is 2.68. The third kappa shape index (κ3) is 5.22. The van der Waals surface area contributed by atoms with Crippen LogP contribution in [-0.4, -0.2) is 34.1 Å². The largest absolute Gasteiger partial charge is 0.508 e. The van der Waals surface area contributed by atoms with Gasteiger partial charge in [0.2, 0.25) is 0 Å². The fourth-order valence-corrected chi connectivity index (χ4v) is 3.77. The van der Waals surface area contributed by atoms with Gasteiger partial charge in [0, 0.05) is 25.5 Å². The van der Waals surface area contributed by atoms with E-state index in [0.717, 1.165) is 43.5 Å². The summed E-state index contributed by atoms with van der Waals surface area (Å²) in [6.45, 7) is 5.79. The number of nitrogens with one attached hydrogen (secondary N) is 1. The Hall–Kier alpha value is -2.56. The molecule has 0 saturated carbocycles. The molecular formula is C22H29N3O2. The molecule has 3 rings (SSSR count). The minimum absolute atomic E-state index is 0.00105. The van der Waals surface area contributed by atoms with Gasteiger partial charge in [0.25, 0.3) is 0 Å². The maximum Gasteiger partial charge on any atom is 0.317 e. The van der Waals surface area contributed by atoms with Crippen LogP contribution >= 0.6 is 0 Å². The highest BCUT2D eigenvalue weighted by Crippen LogP contribution is 2.30. The number of phenolic OH excluding ortho intramolecular Hbond substituents is 1. The second-order valence-electron chi connectivity index (χ2n) is 7.77. The Labute approximate surface area is 161 Å². The molecule has 2 aromatic rings. The monoisotopic (exact) mass is 367 g/mol. The lowest BCUT2D eigenvalue weighted by Gasteiger charge is -2.33. The Balaban J connectivity index is 1.59. The van der Waals surface area contributed by atoms with Crippen molar-refractivity contribution >= 4 is 6.03 Å². The van der Waals surface area contributed by atoms with Crippen LogP contribution in [-0.2, 0) is 0 Å². The molecule has 27 heavy (non-hydrogen) atoms. The summed E-state index contributed by atoms with van der Waals surface area (Å²) in [5, 5.41) is 12.9. The van der Waals surface area contributed by atoms with Crippen molar-refractivity contribution in [1.29, 1.82) is 0 Å². The molecule has 2 amide bonds. The van der Waals surface area contributed by atoms with Crippen LogP contribution in [0.4, 0.5) is 4.79 Å². The van der Waals surface area contributed by atoms with Gasteiger partial charge in [0.1, 0.15) is 5.75 Å². The van der Waals surface area contributed by atoms with E-state index in [1.54, 1.807) is 12.3 Å². The molecule has 5 nitrogen and oxygen atoms in total. The fourth-order valence-electron chi connectivity index (χ4n) is 3.77. The number of aromatic hydroxyl groups is 1. The Morgan fingerprint density at radius 3 is 2.67 bits per heavy atom. The molecule has 1 atom stereocenters. The van der Waals surface area contributed by atoms with Gasteiger partial charge in [0.05, 0.1) is 6.04 Å². The van der Waals surface area contributed by atoms with Crippen molar-refractivity contribution in [2.24, 2.45) is 5.92 Å². The van der Waals surface area contributed by atoms with Crippen molar-refractivity contribution in [2.75, 3.05) is 13.1 Å². The van der Waals surface area contributed by atoms with Crippen LogP contribution in [0.1, 0.15) is 56.2 Å². The first kappa shape index (κ1) is 19.2. The van der Waals surface area contributed by atoms with Crippen LogP contribution in [0.5, 0.6) is 5.75 Å². The normalized spacial score (nSPS) is 16.3. The predicted octanol–water partition coefficient (Wildman–Crippen LogP) is 4.46. The van der Waals surface area contributed by atoms with Crippen LogP contribution in [0.25, 0.3) is 0 Å². The zero-order valence-electron chi connectivity index (χ0n) is 16.1. The van der Waals surface area contributed by atoms with E-state index in [1.807, 2.05) is 35.4 Å². The van der Waals surface area contributed by atoms with Gasteiger partial charge in [-0.1, -0.05) is 32.0 Å². The summed E-state index contributed by atoms with van der Waals surface area (Å²) >= 11 is 0. The van der Waals surface area contributed by atoms with Crippen molar-refractivity contribution in [3.05, 3.63) is 59.9 Å². The summed E-state index contributed by atoms with van der Waals surface area (Å²) in [4.78, 5) is 18.9. The van der Waals surface area contributed by atoms with Crippen molar-refractivity contribution in [3.8, 4) is 5.75 Å². The molecule has 0 bridgehead atoms. The zero-order chi connectivity index (χ0) is 19.2. The quantitative estimate of drug-likeness (QED) is 0.820. The van der Waals surface area contributed by atoms with Crippen LogP contribution < -0.4 is 5.32 Å². The average molecular weight is 367 g/mol. The molecule has 1 saturated heterocycles. The molecule has 2 N–H and O–H groups in total. The number of amides is 2. The minimum Gasteiger partial charge on any atom is -0.508 e. The first-order chi connectivity index (χ1) is 13.0. The molecule has 144 valence electrons. The number of carbonyl (C=O) groups is 1. The number of pyridine rings is 1. The maximum absolute atomic E-state index is 12.8. The number of rotatable bonds is 5. The SMILES string of the molecule is CC(C)CC(NC(=O)N1CCC(c2cccc(O)c2)CC1)c1cccnc1. The van der Waals surface area contributed by atoms with Crippen LogP contribution in [0.3, 0.4) is 0 Å². The third-order valence-corrected chi connectivity index (χ3v) is 5.22. The van der Waals surface area contributed by atoms with Gasteiger partial charge in [-0.2, -0.15) is 0 Å². The van der Waals surface area contributed by atoms with Crippen LogP contribution in [0, 0.1) is 5.92 Å². The van der Waals surface area contributed by atoms with E-state index in [0.29, 0.717) is 17.6 Å². The number of aromatic nitrogens is 1. The molecule has 0 spiro atoms. The molecule has 1 unspecified atom stereocenters. The summed E-state index contributed by atoms with van der Waals surface area (Å²) in [6, 6.07) is 11.4. The van der Waals surface area contributed by atoms with Crippen LogP contribution in [0.15, 0.2) is 48.8 Å². The summed E-state index contributed by atoms with van der Waals surface area (Å²) in [5.41, 5.74) is 2.21. The highest BCUT2D eigenvalue weighted by molar-refractivity contribution is 5.74. The second-order valence-corrected chi connectivity index (χ2v) is 7.77. The van der Waals surface area contributed by atoms with Crippen molar-refractivity contribution < 1.29 is 9.90 Å². The van der Waals surface area contributed by atoms with Gasteiger partial charge < -0.3 is 15.3 Å². The van der Waals surface area contributed by atoms with Crippen molar-refractivity contribution in [2.45, 2.75) is 45.1 Å². The van der Waals surface area contributed by atoms with E-state index in [2.05, 4.69) is 30.2 Å². The number of urea groups is 1. The smallest absolute Gasteiger partial charge is 0.317 e. The molecule has 1 fully saturated rings. The maximum atomic E-state index is 12.8. The lowest BCUT2D eigenvalue weighted by molar-refractivity contribution is 0.176. The Kier molecular flexibility index (Phi) is 6.32. The van der Waals surface area contributed by atoms with E-state index in [9.17, 15) is 9.90 Å². The summed E-state index contributed by atoms with van der Waals surface area (Å²) in [7, 11) is 0. The van der Waals surface area contributed by atoms with E-state index < -0.39 is 0 Å². The summed E-state index contributed by atoms with van der Waals surface area (Å²) in [5.74, 6) is 1.18. The van der Waals surface area contributed by atoms with Gasteiger partial charge >= 0.3 is 6.03 Å². The highest BCUT2D eigenvalue weighted by Gasteiger charge is 2.26. The number of phenols is 1. The molecule has 1 aromatic carbocycles. The second kappa shape index (κ2) is 8.89. The Bertz CT molecular complexity index is 740. The van der Waals surface area contributed by atoms with E-state index >= 15 is 0 Å². The topological polar surface area (TPSA) is 65.5 Å². The molecule has 1 aliphatic rings. The zero-order valence-corrected chi connectivity index (χ0v) is 16.1. The molecule has 0 aliphatic carbocycles. The van der Waals surface area contributed by atoms with E-state index in [4.69, 9.17) is 0 Å². The van der Waals surface area contributed by atoms with Gasteiger partial charge in [-0.3, -0.25) is 4.98 Å². The van der Waals surface area contributed by atoms with Gasteiger partial charge in [0.15, 0.2) is 0 Å². The number of likely N-dealkylation sites (tertiary alicyclic amines) is 1. The molecular weight excluding hydrogens is 338 g/mol. The number of hydrogen-bond acceptors (Lipinski definition) is 3. The minimum atomic E-state index is -0.0185. The number of piperidine rings is 1. The Morgan fingerprint density at radius 1 is 1.26 bits per heavy atom. The highest BCUT2D eigenvalue weighted by atomic mass is 16.3. The predicted molar refractivity (Wildman–Crippen MR) is 107 cm³/mol. The van der Waals surface area contributed by atoms with Crippen LogP contribution in [0.2, 0.25) is 0 Å². The van der Waals surface area contributed by atoms with E-state index in [1.165, 1.54) is 0 Å². The first-order valence-electron chi connectivity index (χ1n) is 9.77. The lowest BCUT2D eigenvalue weighted by atomic mass is 9.89. The van der Waals surface area contributed by atoms with Crippen molar-refractivity contribution in [1.82, 2.24) is 15.2 Å². The molecule has 1 aliphatic heterocycles. The van der Waals surface area contributed by atoms with E-state index in [-0.39, 0.29) is 12.1 Å². The lowest BCUT2D eigenvalue weighted by Crippen LogP contribution is -2.45. The first-order valence-corrected chi connectivity index (χ1v) is 9.77. The Morgan fingerprint density at radius 2 is 2.04 bits per heavy atom. The summed E-state index contributed by atoms with van der Waals surface area (Å²) in [6.07, 6.45) is 6.31. The number of benzene rings is 1. The van der Waals surface area contributed by atoms with Crippen molar-refractivity contribution in [3.63, 3.8) is 0 Å².